The number of carbonyl (C=O) groups is 2. The van der Waals surface area contributed by atoms with Crippen LogP contribution >= 0.6 is 19.2 Å². The highest BCUT2D eigenvalue weighted by Gasteiger charge is 2.57. The number of hydrogen-bond acceptors (Lipinski definition) is 13. The Kier molecular flexibility index (Phi) is 10.1. The molecule has 2 aliphatic rings. The van der Waals surface area contributed by atoms with Gasteiger partial charge < -0.3 is 39.5 Å². The molecule has 21 heteroatoms. The first kappa shape index (κ1) is 33.6. The minimum absolute atomic E-state index is 0.109. The van der Waals surface area contributed by atoms with Crippen molar-refractivity contribution >= 4 is 57.8 Å². The van der Waals surface area contributed by atoms with Crippen molar-refractivity contribution in [3.63, 3.8) is 0 Å². The summed E-state index contributed by atoms with van der Waals surface area (Å²) < 4.78 is 47.5. The number of methoxy groups -OCH3 is 1. The number of aliphatic hydroxyl groups is 2. The molecular weight excluding hydrogens is 637 g/mol. The van der Waals surface area contributed by atoms with Crippen LogP contribution in [0.15, 0.2) is 10.6 Å². The van der Waals surface area contributed by atoms with Gasteiger partial charge in [-0.15, -0.1) is 4.36 Å². The average molecular weight is 670 g/mol. The number of aliphatic hydroxyl groups excluding tert-OH is 2. The van der Waals surface area contributed by atoms with Crippen LogP contribution in [-0.2, 0) is 38.3 Å². The number of nitrogens with one attached hydrogen (secondary N) is 2. The summed E-state index contributed by atoms with van der Waals surface area (Å²) in [4.78, 5) is 53.1. The molecule has 1 saturated carbocycles. The van der Waals surface area contributed by atoms with Crippen molar-refractivity contribution in [1.82, 2.24) is 24.5 Å². The fourth-order valence-electron chi connectivity index (χ4n) is 4.92. The lowest BCUT2D eigenvalue weighted by atomic mass is 10.1. The van der Waals surface area contributed by atoms with Gasteiger partial charge in [-0.2, -0.15) is 15.1 Å². The zero-order valence-corrected chi connectivity index (χ0v) is 25.8. The Morgan fingerprint density at radius 3 is 2.56 bits per heavy atom. The minimum Gasteiger partial charge on any atom is -0.387 e. The van der Waals surface area contributed by atoms with Gasteiger partial charge in [-0.3, -0.25) is 18.9 Å². The van der Waals surface area contributed by atoms with E-state index in [9.17, 15) is 38.4 Å². The van der Waals surface area contributed by atoms with Crippen molar-refractivity contribution in [2.45, 2.75) is 68.5 Å². The van der Waals surface area contributed by atoms with Gasteiger partial charge in [0.1, 0.15) is 34.0 Å². The van der Waals surface area contributed by atoms with Gasteiger partial charge in [0.05, 0.1) is 24.8 Å². The Morgan fingerprint density at radius 2 is 1.95 bits per heavy atom. The van der Waals surface area contributed by atoms with E-state index in [1.807, 2.05) is 4.72 Å². The summed E-state index contributed by atoms with van der Waals surface area (Å²) in [7, 11) is -8.36. The van der Waals surface area contributed by atoms with Gasteiger partial charge in [0.25, 0.3) is 5.34 Å². The first-order valence-electron chi connectivity index (χ1n) is 13.0. The van der Waals surface area contributed by atoms with Crippen molar-refractivity contribution in [2.24, 2.45) is 4.36 Å². The number of carbonyl (C=O) groups excluding carboxylic acids is 2. The van der Waals surface area contributed by atoms with Gasteiger partial charge in [-0.25, -0.2) is 8.89 Å². The summed E-state index contributed by atoms with van der Waals surface area (Å²) >= 11 is 6.17. The number of aromatic nitrogens is 4. The fraction of sp³-hybridized carbons (Fsp3) is 0.682. The van der Waals surface area contributed by atoms with Gasteiger partial charge in [0.15, 0.2) is 11.9 Å². The topological polar surface area (TPSA) is 257 Å². The van der Waals surface area contributed by atoms with Gasteiger partial charge in [0, 0.05) is 26.3 Å². The highest BCUT2D eigenvalue weighted by molar-refractivity contribution is 7.91. The van der Waals surface area contributed by atoms with E-state index < -0.39 is 72.4 Å². The summed E-state index contributed by atoms with van der Waals surface area (Å²) in [6, 6.07) is 0.185. The van der Waals surface area contributed by atoms with E-state index in [1.54, 1.807) is 0 Å². The maximum Gasteiger partial charge on any atom is 0.369 e. The number of nitrogens with zero attached hydrogens (tertiary/aromatic N) is 5. The lowest BCUT2D eigenvalue weighted by Crippen LogP contribution is -2.48. The lowest BCUT2D eigenvalue weighted by molar-refractivity contribution is -0.149. The molecule has 1 unspecified atom stereocenters. The summed E-state index contributed by atoms with van der Waals surface area (Å²) in [6.07, 6.45) is 0.176. The Morgan fingerprint density at radius 1 is 1.28 bits per heavy atom. The molecule has 240 valence electrons. The molecule has 3 heterocycles. The summed E-state index contributed by atoms with van der Waals surface area (Å²) in [5.74, 6) is -2.08. The number of hydrogen-bond donors (Lipinski definition) is 6. The van der Waals surface area contributed by atoms with Crippen molar-refractivity contribution in [1.29, 1.82) is 0 Å². The van der Waals surface area contributed by atoms with E-state index in [0.29, 0.717) is 11.2 Å². The summed E-state index contributed by atoms with van der Waals surface area (Å²) in [6.45, 7) is -0.930. The van der Waals surface area contributed by atoms with Crippen molar-refractivity contribution in [2.75, 3.05) is 31.9 Å². The SMILES string of the molecule is COC[C@@](OC[C@H]1O[C@@H](n2ncc3c(NC4CCCC4)nc(Cl)nc32)[C@H](O)[C@@H]1O)(C(=O)N=S(C)(=O)NC(C)=O)P(=O)(O)O. The van der Waals surface area contributed by atoms with Crippen LogP contribution in [0.2, 0.25) is 5.28 Å². The first-order valence-corrected chi connectivity index (χ1v) is 16.9. The molecule has 1 aliphatic carbocycles. The first-order chi connectivity index (χ1) is 20.1. The van der Waals surface area contributed by atoms with E-state index >= 15 is 0 Å². The predicted octanol–water partition coefficient (Wildman–Crippen LogP) is -0.334. The maximum atomic E-state index is 13.0. The van der Waals surface area contributed by atoms with E-state index in [4.69, 9.17) is 25.8 Å². The third kappa shape index (κ3) is 7.16. The molecule has 1 aliphatic heterocycles. The highest BCUT2D eigenvalue weighted by Crippen LogP contribution is 2.53. The van der Waals surface area contributed by atoms with Crippen molar-refractivity contribution in [3.05, 3.63) is 11.5 Å². The molecule has 0 spiro atoms. The molecule has 2 aromatic rings. The Balaban J connectivity index is 1.60. The maximum absolute atomic E-state index is 13.0. The number of rotatable bonds is 11. The van der Waals surface area contributed by atoms with Gasteiger partial charge >= 0.3 is 13.5 Å². The molecule has 4 rings (SSSR count). The average Bonchev–Trinajstić information content (AvgIpc) is 3.61. The number of halogens is 1. The van der Waals surface area contributed by atoms with Crippen LogP contribution in [0.4, 0.5) is 5.82 Å². The number of fused-ring (bicyclic) bond motifs is 1. The standard InChI is InChI=1S/C22H33ClN7O11PS/c1-11(31)28-43(3,38)29-20(34)22(10-39-2,42(35,36)37)40-9-14-15(32)16(33)19(41-14)30-18-13(8-24-30)17(26-21(23)27-18)25-12-6-4-5-7-12/h8,12,14-16,19,32-33H,4-7,9-10H2,1-3H3,(H,25,26,27)(H2,35,36,37)(H,28,29,31,34,38)/t14-,15-,16-,19-,22+,43?/m1/s1. The van der Waals surface area contributed by atoms with Crippen molar-refractivity contribution in [3.8, 4) is 0 Å². The molecule has 2 aromatic heterocycles. The van der Waals surface area contributed by atoms with Crippen LogP contribution in [0.1, 0.15) is 38.8 Å². The summed E-state index contributed by atoms with van der Waals surface area (Å²) in [5, 5.41) is 26.4. The van der Waals surface area contributed by atoms with Crippen LogP contribution in [-0.4, -0.2) is 112 Å². The Bertz CT molecular complexity index is 1540. The largest absolute Gasteiger partial charge is 0.387 e. The number of ether oxygens (including phenoxy) is 3. The molecule has 6 N–H and O–H groups in total. The molecule has 0 bridgehead atoms. The van der Waals surface area contributed by atoms with Crippen LogP contribution < -0.4 is 10.0 Å². The fourth-order valence-corrected chi connectivity index (χ4v) is 7.03. The van der Waals surface area contributed by atoms with E-state index in [2.05, 4.69) is 24.7 Å². The molecule has 0 radical (unpaired) electrons. The molecule has 18 nitrogen and oxygen atoms in total. The van der Waals surface area contributed by atoms with E-state index in [1.165, 1.54) is 10.9 Å². The van der Waals surface area contributed by atoms with E-state index in [-0.39, 0.29) is 17.0 Å². The highest BCUT2D eigenvalue weighted by atomic mass is 35.5. The zero-order valence-electron chi connectivity index (χ0n) is 23.3. The molecule has 0 aromatic carbocycles. The second kappa shape index (κ2) is 13.0. The van der Waals surface area contributed by atoms with E-state index in [0.717, 1.165) is 46.0 Å². The van der Waals surface area contributed by atoms with Gasteiger partial charge in [-0.1, -0.05) is 12.8 Å². The van der Waals surface area contributed by atoms with Crippen LogP contribution in [0, 0.1) is 0 Å². The summed E-state index contributed by atoms with van der Waals surface area (Å²) in [5.41, 5.74) is 0.173. The molecule has 2 fully saturated rings. The van der Waals surface area contributed by atoms with Gasteiger partial charge in [0.2, 0.25) is 11.2 Å². The smallest absolute Gasteiger partial charge is 0.369 e. The van der Waals surface area contributed by atoms with Crippen LogP contribution in [0.5, 0.6) is 0 Å². The zero-order chi connectivity index (χ0) is 31.7. The van der Waals surface area contributed by atoms with Gasteiger partial charge in [-0.05, 0) is 24.4 Å². The lowest BCUT2D eigenvalue weighted by Gasteiger charge is -2.31. The molecule has 1 saturated heterocycles. The molecular formula is C22H33ClN7O11PS. The third-order valence-electron chi connectivity index (χ3n) is 6.92. The molecule has 2 amide bonds. The predicted molar refractivity (Wildman–Crippen MR) is 150 cm³/mol. The minimum atomic E-state index is -5.60. The number of amides is 2. The second-order valence-electron chi connectivity index (χ2n) is 10.3. The van der Waals surface area contributed by atoms with Crippen molar-refractivity contribution < 1.29 is 52.6 Å². The third-order valence-corrected chi connectivity index (χ3v) is 9.66. The Labute approximate surface area is 250 Å². The number of anilines is 1. The molecule has 6 atom stereocenters. The Hall–Kier alpha value is -2.32. The van der Waals surface area contributed by atoms with Crippen LogP contribution in [0.3, 0.4) is 0 Å². The second-order valence-corrected chi connectivity index (χ2v) is 14.4. The molecule has 43 heavy (non-hydrogen) atoms. The van der Waals surface area contributed by atoms with Crippen LogP contribution in [0.25, 0.3) is 11.0 Å². The quantitative estimate of drug-likeness (QED) is 0.132. The normalized spacial score (nSPS) is 25.8. The monoisotopic (exact) mass is 669 g/mol.